The zero-order chi connectivity index (χ0) is 31.6. The molecule has 43 heavy (non-hydrogen) atoms. The van der Waals surface area contributed by atoms with Crippen LogP contribution in [0.25, 0.3) is 0 Å². The zero-order valence-corrected chi connectivity index (χ0v) is 27.7. The first kappa shape index (κ1) is 41.4. The van der Waals surface area contributed by atoms with Crippen LogP contribution in [0.15, 0.2) is 0 Å². The molecular weight excluding hydrogens is 552 g/mol. The Morgan fingerprint density at radius 3 is 1.07 bits per heavy atom. The number of hydrogen-bond donors (Lipinski definition) is 2. The van der Waals surface area contributed by atoms with Crippen LogP contribution in [0.3, 0.4) is 0 Å². The summed E-state index contributed by atoms with van der Waals surface area (Å²) in [5.41, 5.74) is 0. The molecule has 10 heteroatoms. The van der Waals surface area contributed by atoms with E-state index in [2.05, 4.69) is 23.6 Å². The number of hydrogen-bond acceptors (Lipinski definition) is 10. The highest BCUT2D eigenvalue weighted by molar-refractivity contribution is 5.60. The van der Waals surface area contributed by atoms with E-state index >= 15 is 0 Å². The van der Waals surface area contributed by atoms with Crippen molar-refractivity contribution in [2.75, 3.05) is 78.9 Å². The maximum absolute atomic E-state index is 11.7. The smallest absolute Gasteiger partial charge is 0.434 e. The highest BCUT2D eigenvalue weighted by Crippen LogP contribution is 2.08. The molecule has 0 fully saturated rings. The van der Waals surface area contributed by atoms with Crippen LogP contribution in [-0.2, 0) is 18.9 Å². The fraction of sp³-hybridized carbons (Fsp3) is 0.939. The second kappa shape index (κ2) is 33.3. The number of aliphatic hydroxyl groups excluding tert-OH is 2. The summed E-state index contributed by atoms with van der Waals surface area (Å²) in [6.45, 7) is 11.3. The van der Waals surface area contributed by atoms with Crippen LogP contribution in [0.4, 0.5) is 9.59 Å². The van der Waals surface area contributed by atoms with Gasteiger partial charge in [-0.2, -0.15) is 0 Å². The Kier molecular flexibility index (Phi) is 32.0. The van der Waals surface area contributed by atoms with Crippen molar-refractivity contribution in [3.63, 3.8) is 0 Å². The van der Waals surface area contributed by atoms with Crippen molar-refractivity contribution >= 4 is 12.3 Å². The van der Waals surface area contributed by atoms with Crippen molar-refractivity contribution in [2.45, 2.75) is 123 Å². The number of aliphatic hydroxyl groups is 2. The molecule has 0 saturated carbocycles. The molecule has 0 radical (unpaired) electrons. The number of nitrogens with zero attached hydrogens (tertiary/aromatic N) is 2. The van der Waals surface area contributed by atoms with Gasteiger partial charge in [-0.1, -0.05) is 78.1 Å². The first-order valence-electron chi connectivity index (χ1n) is 17.3. The minimum Gasteiger partial charge on any atom is -0.434 e. The van der Waals surface area contributed by atoms with Gasteiger partial charge in [0.15, 0.2) is 0 Å². The topological polar surface area (TPSA) is 118 Å². The predicted molar refractivity (Wildman–Crippen MR) is 171 cm³/mol. The monoisotopic (exact) mass is 618 g/mol. The lowest BCUT2D eigenvalue weighted by atomic mass is 10.1. The summed E-state index contributed by atoms with van der Waals surface area (Å²) in [4.78, 5) is 27.9. The van der Waals surface area contributed by atoms with Crippen LogP contribution in [0, 0.1) is 0 Å². The fourth-order valence-electron chi connectivity index (χ4n) is 4.82. The van der Waals surface area contributed by atoms with E-state index in [0.717, 1.165) is 135 Å². The molecule has 0 heterocycles. The van der Waals surface area contributed by atoms with Gasteiger partial charge in [0.1, 0.15) is 0 Å². The normalized spacial score (nSPS) is 11.3. The SMILES string of the molecule is CCCCCCOC(=O)OCCCCCCN(CCCCCCOC(=O)OCCCCCC)CCCN(CCO)CCO. The third-order valence-corrected chi connectivity index (χ3v) is 7.39. The van der Waals surface area contributed by atoms with E-state index in [1.54, 1.807) is 0 Å². The first-order valence-corrected chi connectivity index (χ1v) is 17.3. The van der Waals surface area contributed by atoms with Crippen LogP contribution >= 0.6 is 0 Å². The van der Waals surface area contributed by atoms with Crippen LogP contribution in [0.2, 0.25) is 0 Å². The summed E-state index contributed by atoms with van der Waals surface area (Å²) in [7, 11) is 0. The molecule has 0 aliphatic heterocycles. The molecule has 0 aromatic heterocycles. The van der Waals surface area contributed by atoms with E-state index in [1.165, 1.54) is 0 Å². The Morgan fingerprint density at radius 1 is 0.419 bits per heavy atom. The summed E-state index contributed by atoms with van der Waals surface area (Å²) in [6, 6.07) is 0. The maximum atomic E-state index is 11.7. The number of carbonyl (C=O) groups excluding carboxylic acids is 2. The molecule has 2 N–H and O–H groups in total. The molecular formula is C33H66N2O8. The average Bonchev–Trinajstić information content (AvgIpc) is 2.99. The van der Waals surface area contributed by atoms with Crippen LogP contribution in [0.5, 0.6) is 0 Å². The van der Waals surface area contributed by atoms with Crippen molar-refractivity contribution < 1.29 is 38.7 Å². The Hall–Kier alpha value is -1.62. The molecule has 0 bridgehead atoms. The third-order valence-electron chi connectivity index (χ3n) is 7.39. The lowest BCUT2D eigenvalue weighted by Crippen LogP contribution is -2.34. The zero-order valence-electron chi connectivity index (χ0n) is 27.7. The molecule has 0 aromatic rings. The van der Waals surface area contributed by atoms with Crippen LogP contribution < -0.4 is 0 Å². The van der Waals surface area contributed by atoms with Gasteiger partial charge in [-0.15, -0.1) is 0 Å². The Bertz CT molecular complexity index is 565. The van der Waals surface area contributed by atoms with Crippen molar-refractivity contribution in [1.82, 2.24) is 9.80 Å². The van der Waals surface area contributed by atoms with Gasteiger partial charge < -0.3 is 34.1 Å². The van der Waals surface area contributed by atoms with E-state index in [1.807, 2.05) is 0 Å². The van der Waals surface area contributed by atoms with Crippen LogP contribution in [0.1, 0.15) is 123 Å². The molecule has 0 aliphatic rings. The summed E-state index contributed by atoms with van der Waals surface area (Å²) in [5.74, 6) is 0. The fourth-order valence-corrected chi connectivity index (χ4v) is 4.82. The Balaban J connectivity index is 4.14. The maximum Gasteiger partial charge on any atom is 0.508 e. The minimum atomic E-state index is -0.552. The van der Waals surface area contributed by atoms with Gasteiger partial charge in [0.2, 0.25) is 0 Å². The van der Waals surface area contributed by atoms with Crippen molar-refractivity contribution in [1.29, 1.82) is 0 Å². The molecule has 0 atom stereocenters. The highest BCUT2D eigenvalue weighted by Gasteiger charge is 2.09. The van der Waals surface area contributed by atoms with Gasteiger partial charge in [0.05, 0.1) is 39.6 Å². The third kappa shape index (κ3) is 30.2. The van der Waals surface area contributed by atoms with Gasteiger partial charge in [-0.3, -0.25) is 4.90 Å². The standard InChI is InChI=1S/C33H66N2O8/c1-3-5-7-15-28-40-32(38)42-30-17-11-9-13-20-34(22-19-23-35(24-26-36)25-27-37)21-14-10-12-18-31-43-33(39)41-29-16-8-6-4-2/h36-37H,3-31H2,1-2H3. The molecule has 0 aliphatic carbocycles. The second-order valence-electron chi connectivity index (χ2n) is 11.3. The summed E-state index contributed by atoms with van der Waals surface area (Å²) in [5, 5.41) is 18.5. The first-order chi connectivity index (χ1) is 21.1. The van der Waals surface area contributed by atoms with Crippen molar-refractivity contribution in [3.05, 3.63) is 0 Å². The van der Waals surface area contributed by atoms with E-state index in [-0.39, 0.29) is 13.2 Å². The number of unbranched alkanes of at least 4 members (excludes halogenated alkanes) is 12. The largest absolute Gasteiger partial charge is 0.508 e. The average molecular weight is 619 g/mol. The number of rotatable bonds is 32. The molecule has 0 saturated heterocycles. The van der Waals surface area contributed by atoms with E-state index in [9.17, 15) is 19.8 Å². The quantitative estimate of drug-likeness (QED) is 0.0634. The lowest BCUT2D eigenvalue weighted by Gasteiger charge is -2.25. The summed E-state index contributed by atoms with van der Waals surface area (Å²) < 4.78 is 20.6. The van der Waals surface area contributed by atoms with E-state index < -0.39 is 12.3 Å². The molecule has 0 spiro atoms. The van der Waals surface area contributed by atoms with Crippen LogP contribution in [-0.4, -0.2) is 111 Å². The van der Waals surface area contributed by atoms with Gasteiger partial charge >= 0.3 is 12.3 Å². The van der Waals surface area contributed by atoms with Gasteiger partial charge in [-0.05, 0) is 71.1 Å². The second-order valence-corrected chi connectivity index (χ2v) is 11.3. The molecule has 0 rings (SSSR count). The lowest BCUT2D eigenvalue weighted by molar-refractivity contribution is 0.0520. The van der Waals surface area contributed by atoms with Crippen molar-refractivity contribution in [2.24, 2.45) is 0 Å². The molecule has 0 amide bonds. The number of ether oxygens (including phenoxy) is 4. The Morgan fingerprint density at radius 2 is 0.721 bits per heavy atom. The minimum absolute atomic E-state index is 0.102. The molecule has 0 unspecified atom stereocenters. The summed E-state index contributed by atoms with van der Waals surface area (Å²) >= 11 is 0. The molecule has 256 valence electrons. The highest BCUT2D eigenvalue weighted by atomic mass is 16.7. The Labute approximate surface area is 262 Å². The van der Waals surface area contributed by atoms with Gasteiger partial charge in [-0.25, -0.2) is 9.59 Å². The van der Waals surface area contributed by atoms with E-state index in [0.29, 0.717) is 39.5 Å². The summed E-state index contributed by atoms with van der Waals surface area (Å²) in [6.07, 6.45) is 16.5. The number of carbonyl (C=O) groups is 2. The van der Waals surface area contributed by atoms with Gasteiger partial charge in [0.25, 0.3) is 0 Å². The molecule has 0 aromatic carbocycles. The van der Waals surface area contributed by atoms with Gasteiger partial charge in [0, 0.05) is 13.1 Å². The van der Waals surface area contributed by atoms with Crippen molar-refractivity contribution in [3.8, 4) is 0 Å². The van der Waals surface area contributed by atoms with E-state index in [4.69, 9.17) is 18.9 Å². The molecule has 10 nitrogen and oxygen atoms in total. The predicted octanol–water partition coefficient (Wildman–Crippen LogP) is 6.55.